The van der Waals surface area contributed by atoms with Crippen LogP contribution in [0.4, 0.5) is 10.1 Å². The maximum absolute atomic E-state index is 14.0. The Morgan fingerprint density at radius 2 is 2.15 bits per heavy atom. The second kappa shape index (κ2) is 6.00. The molecule has 1 unspecified atom stereocenters. The van der Waals surface area contributed by atoms with Crippen LogP contribution in [0.3, 0.4) is 0 Å². The van der Waals surface area contributed by atoms with E-state index in [9.17, 15) is 4.39 Å². The molecule has 1 aliphatic rings. The van der Waals surface area contributed by atoms with E-state index in [0.717, 1.165) is 25.2 Å². The van der Waals surface area contributed by atoms with Gasteiger partial charge in [-0.25, -0.2) is 4.39 Å². The Bertz CT molecular complexity index is 462. The first-order chi connectivity index (χ1) is 9.46. The van der Waals surface area contributed by atoms with Gasteiger partial charge in [0.25, 0.3) is 0 Å². The van der Waals surface area contributed by atoms with Crippen molar-refractivity contribution in [1.82, 2.24) is 5.32 Å². The molecule has 1 aromatic rings. The van der Waals surface area contributed by atoms with E-state index in [1.54, 1.807) is 12.1 Å². The monoisotopic (exact) mass is 280 g/mol. The van der Waals surface area contributed by atoms with Gasteiger partial charge in [-0.3, -0.25) is 0 Å². The maximum atomic E-state index is 14.0. The molecule has 3 nitrogen and oxygen atoms in total. The van der Waals surface area contributed by atoms with Crippen LogP contribution >= 0.6 is 0 Å². The molecule has 0 amide bonds. The summed E-state index contributed by atoms with van der Waals surface area (Å²) in [4.78, 5) is 2.30. The van der Waals surface area contributed by atoms with Crippen molar-refractivity contribution < 1.29 is 9.13 Å². The predicted molar refractivity (Wildman–Crippen MR) is 81.1 cm³/mol. The Hall–Kier alpha value is -1.29. The van der Waals surface area contributed by atoms with Crippen LogP contribution in [0.15, 0.2) is 18.2 Å². The van der Waals surface area contributed by atoms with Crippen molar-refractivity contribution in [3.63, 3.8) is 0 Å². The lowest BCUT2D eigenvalue weighted by atomic mass is 9.97. The molecule has 4 heteroatoms. The fourth-order valence-electron chi connectivity index (χ4n) is 2.72. The number of hydrogen-bond donors (Lipinski definition) is 1. The van der Waals surface area contributed by atoms with Crippen LogP contribution in [0.2, 0.25) is 0 Å². The van der Waals surface area contributed by atoms with E-state index >= 15 is 0 Å². The van der Waals surface area contributed by atoms with E-state index in [1.807, 2.05) is 13.0 Å². The van der Waals surface area contributed by atoms with Crippen LogP contribution in [-0.2, 0) is 0 Å². The minimum Gasteiger partial charge on any atom is -0.491 e. The smallest absolute Gasteiger partial charge is 0.167 e. The molecule has 0 radical (unpaired) electrons. The van der Waals surface area contributed by atoms with Gasteiger partial charge in [0, 0.05) is 36.4 Å². The number of benzene rings is 1. The summed E-state index contributed by atoms with van der Waals surface area (Å²) in [5.74, 6) is 0.0502. The molecule has 1 heterocycles. The fourth-order valence-corrected chi connectivity index (χ4v) is 2.72. The number of nitrogens with one attached hydrogen (secondary N) is 1. The van der Waals surface area contributed by atoms with E-state index in [-0.39, 0.29) is 11.4 Å². The third-order valence-corrected chi connectivity index (χ3v) is 3.84. The summed E-state index contributed by atoms with van der Waals surface area (Å²) in [6.07, 6.45) is 1.04. The molecule has 0 bridgehead atoms. The third kappa shape index (κ3) is 3.23. The molecule has 1 N–H and O–H groups in total. The largest absolute Gasteiger partial charge is 0.491 e. The number of piperazine rings is 1. The number of hydrogen-bond acceptors (Lipinski definition) is 3. The summed E-state index contributed by atoms with van der Waals surface area (Å²) in [5, 5.41) is 3.55. The van der Waals surface area contributed by atoms with Crippen LogP contribution in [0.25, 0.3) is 0 Å². The zero-order valence-corrected chi connectivity index (χ0v) is 12.9. The Kier molecular flexibility index (Phi) is 4.53. The average Bonchev–Trinajstić information content (AvgIpc) is 2.40. The highest BCUT2D eigenvalue weighted by molar-refractivity contribution is 5.51. The van der Waals surface area contributed by atoms with Gasteiger partial charge >= 0.3 is 0 Å². The summed E-state index contributed by atoms with van der Waals surface area (Å²) in [6.45, 7) is 10.7. The van der Waals surface area contributed by atoms with Crippen molar-refractivity contribution in [3.8, 4) is 5.75 Å². The van der Waals surface area contributed by atoms with E-state index in [2.05, 4.69) is 31.0 Å². The lowest BCUT2D eigenvalue weighted by Crippen LogP contribution is -2.61. The first-order valence-corrected chi connectivity index (χ1v) is 7.41. The van der Waals surface area contributed by atoms with Gasteiger partial charge in [0.1, 0.15) is 0 Å². The zero-order chi connectivity index (χ0) is 14.8. The Balaban J connectivity index is 2.25. The van der Waals surface area contributed by atoms with Gasteiger partial charge in [-0.05, 0) is 39.3 Å². The minimum atomic E-state index is -0.282. The highest BCUT2D eigenvalue weighted by atomic mass is 19.1. The highest BCUT2D eigenvalue weighted by Gasteiger charge is 2.31. The molecule has 0 aromatic heterocycles. The lowest BCUT2D eigenvalue weighted by molar-refractivity contribution is 0.305. The van der Waals surface area contributed by atoms with Crippen molar-refractivity contribution in [2.75, 3.05) is 24.6 Å². The van der Waals surface area contributed by atoms with Crippen LogP contribution < -0.4 is 15.0 Å². The summed E-state index contributed by atoms with van der Waals surface area (Å²) in [5.41, 5.74) is 0.980. The van der Waals surface area contributed by atoms with E-state index in [1.165, 1.54) is 0 Å². The molecule has 20 heavy (non-hydrogen) atoms. The van der Waals surface area contributed by atoms with Crippen LogP contribution in [0.5, 0.6) is 5.75 Å². The zero-order valence-electron chi connectivity index (χ0n) is 12.9. The Morgan fingerprint density at radius 3 is 2.75 bits per heavy atom. The van der Waals surface area contributed by atoms with E-state index < -0.39 is 0 Å². The maximum Gasteiger partial charge on any atom is 0.167 e. The van der Waals surface area contributed by atoms with Crippen molar-refractivity contribution in [2.45, 2.75) is 45.7 Å². The summed E-state index contributed by atoms with van der Waals surface area (Å²) < 4.78 is 19.3. The lowest BCUT2D eigenvalue weighted by Gasteiger charge is -2.45. The second-order valence-electron chi connectivity index (χ2n) is 6.00. The highest BCUT2D eigenvalue weighted by Crippen LogP contribution is 2.28. The molecule has 0 aliphatic carbocycles. The molecule has 1 fully saturated rings. The average molecular weight is 280 g/mol. The molecule has 0 spiro atoms. The number of rotatable bonds is 4. The first-order valence-electron chi connectivity index (χ1n) is 7.41. The van der Waals surface area contributed by atoms with Gasteiger partial charge < -0.3 is 15.0 Å². The number of ether oxygens (including phenoxy) is 1. The minimum absolute atomic E-state index is 0.0424. The predicted octanol–water partition coefficient (Wildman–Crippen LogP) is 3.19. The molecule has 1 aliphatic heterocycles. The Morgan fingerprint density at radius 1 is 1.40 bits per heavy atom. The fraction of sp³-hybridized carbons (Fsp3) is 0.625. The number of halogens is 1. The molecular weight excluding hydrogens is 255 g/mol. The van der Waals surface area contributed by atoms with Gasteiger partial charge in [0.2, 0.25) is 0 Å². The van der Waals surface area contributed by atoms with Gasteiger partial charge in [-0.2, -0.15) is 0 Å². The van der Waals surface area contributed by atoms with Crippen LogP contribution in [0.1, 0.15) is 34.1 Å². The molecule has 1 aromatic carbocycles. The number of anilines is 1. The molecule has 1 saturated heterocycles. The van der Waals surface area contributed by atoms with Crippen LogP contribution in [-0.4, -0.2) is 31.3 Å². The summed E-state index contributed by atoms with van der Waals surface area (Å²) in [6, 6.07) is 5.68. The van der Waals surface area contributed by atoms with Gasteiger partial charge in [0.15, 0.2) is 11.6 Å². The molecule has 112 valence electrons. The van der Waals surface area contributed by atoms with E-state index in [0.29, 0.717) is 18.4 Å². The van der Waals surface area contributed by atoms with Gasteiger partial charge in [0.05, 0.1) is 6.61 Å². The third-order valence-electron chi connectivity index (χ3n) is 3.84. The standard InChI is InChI=1S/C16H25FN2O/c1-5-12-10-18-16(3,4)11-19(12)13-7-8-15(20-6-2)14(17)9-13/h7-9,12,18H,5-6,10-11H2,1-4H3. The van der Waals surface area contributed by atoms with E-state index in [4.69, 9.17) is 4.74 Å². The topological polar surface area (TPSA) is 24.5 Å². The summed E-state index contributed by atoms with van der Waals surface area (Å²) in [7, 11) is 0. The van der Waals surface area contributed by atoms with Crippen molar-refractivity contribution >= 4 is 5.69 Å². The van der Waals surface area contributed by atoms with Crippen molar-refractivity contribution in [2.24, 2.45) is 0 Å². The normalized spacial score (nSPS) is 21.9. The van der Waals surface area contributed by atoms with Crippen LogP contribution in [0, 0.1) is 5.82 Å². The van der Waals surface area contributed by atoms with Crippen molar-refractivity contribution in [3.05, 3.63) is 24.0 Å². The second-order valence-corrected chi connectivity index (χ2v) is 6.00. The quantitative estimate of drug-likeness (QED) is 0.916. The molecule has 0 saturated carbocycles. The SMILES string of the molecule is CCOc1ccc(N2CC(C)(C)NCC2CC)cc1F. The first kappa shape index (κ1) is 15.1. The van der Waals surface area contributed by atoms with Gasteiger partial charge in [-0.15, -0.1) is 0 Å². The van der Waals surface area contributed by atoms with Gasteiger partial charge in [-0.1, -0.05) is 6.92 Å². The molecule has 2 rings (SSSR count). The van der Waals surface area contributed by atoms with Crippen molar-refractivity contribution in [1.29, 1.82) is 0 Å². The summed E-state index contributed by atoms with van der Waals surface area (Å²) >= 11 is 0. The Labute approximate surface area is 121 Å². The number of nitrogens with zero attached hydrogens (tertiary/aromatic N) is 1. The molecule has 1 atom stereocenters. The molecular formula is C16H25FN2O.